The van der Waals surface area contributed by atoms with Gasteiger partial charge >= 0.3 is 12.2 Å². The van der Waals surface area contributed by atoms with Crippen LogP contribution < -0.4 is 16.4 Å². The molecule has 1 saturated heterocycles. The molecule has 3 rings (SSSR count). The fourth-order valence-corrected chi connectivity index (χ4v) is 3.83. The number of nitrogens with zero attached hydrogens (tertiary/aromatic N) is 4. The molecule has 1 fully saturated rings. The van der Waals surface area contributed by atoms with E-state index in [0.717, 1.165) is 6.21 Å². The molecule has 14 heteroatoms. The van der Waals surface area contributed by atoms with E-state index >= 15 is 0 Å². The summed E-state index contributed by atoms with van der Waals surface area (Å²) in [5, 5.41) is 20.9. The summed E-state index contributed by atoms with van der Waals surface area (Å²) in [5.41, 5.74) is 7.91. The monoisotopic (exact) mass is 555 g/mol. The van der Waals surface area contributed by atoms with Gasteiger partial charge in [0.2, 0.25) is 5.91 Å². The van der Waals surface area contributed by atoms with Crippen LogP contribution >= 0.6 is 0 Å². The van der Waals surface area contributed by atoms with Crippen molar-refractivity contribution in [1.29, 1.82) is 10.7 Å². The molecule has 1 aromatic carbocycles. The van der Waals surface area contributed by atoms with Crippen molar-refractivity contribution in [2.24, 2.45) is 16.6 Å². The molecule has 0 bridgehead atoms. The number of aromatic nitrogens is 2. The van der Waals surface area contributed by atoms with E-state index in [0.29, 0.717) is 47.7 Å². The second kappa shape index (κ2) is 13.2. The highest BCUT2D eigenvalue weighted by Crippen LogP contribution is 2.22. The number of nitriles is 1. The van der Waals surface area contributed by atoms with Crippen LogP contribution in [0.15, 0.2) is 52.8 Å². The fraction of sp³-hybridized carbons (Fsp3) is 0.308. The highest BCUT2D eigenvalue weighted by Gasteiger charge is 2.29. The third kappa shape index (κ3) is 8.29. The Bertz CT molecular complexity index is 1370. The highest BCUT2D eigenvalue weighted by molar-refractivity contribution is 6.01. The predicted molar refractivity (Wildman–Crippen MR) is 144 cm³/mol. The van der Waals surface area contributed by atoms with Gasteiger partial charge in [-0.25, -0.2) is 9.78 Å². The van der Waals surface area contributed by atoms with Crippen molar-refractivity contribution in [2.45, 2.75) is 25.6 Å². The minimum absolute atomic E-state index is 0.174. The lowest BCUT2D eigenvalue weighted by molar-refractivity contribution is -0.131. The number of H-pyrrole nitrogens is 1. The van der Waals surface area contributed by atoms with Gasteiger partial charge in [0.1, 0.15) is 18.4 Å². The summed E-state index contributed by atoms with van der Waals surface area (Å²) in [7, 11) is 0. The number of carbonyl (C=O) groups excluding carboxylic acids is 2. The van der Waals surface area contributed by atoms with Crippen LogP contribution in [0, 0.1) is 22.7 Å². The van der Waals surface area contributed by atoms with E-state index in [4.69, 9.17) is 16.4 Å². The predicted octanol–water partition coefficient (Wildman–Crippen LogP) is 3.47. The largest absolute Gasteiger partial charge is 0.405 e. The van der Waals surface area contributed by atoms with Crippen LogP contribution in [0.25, 0.3) is 17.3 Å². The molecule has 1 aliphatic rings. The number of aromatic amines is 1. The Balaban J connectivity index is 1.69. The Morgan fingerprint density at radius 1 is 1.40 bits per heavy atom. The van der Waals surface area contributed by atoms with Crippen molar-refractivity contribution < 1.29 is 22.8 Å². The number of carbonyl (C=O) groups is 2. The SMILES string of the molecule is CC(N=CC(=CN)/C(C=N)=C/c1ncc(-c2cccc(NC(=O)NCC(F)(F)F)c2)[nH]1)C(=O)N1CCC(C#N)C1. The molecule has 2 aromatic rings. The summed E-state index contributed by atoms with van der Waals surface area (Å²) in [5.74, 6) is -0.00553. The van der Waals surface area contributed by atoms with Gasteiger partial charge in [-0.15, -0.1) is 0 Å². The molecule has 0 spiro atoms. The maximum Gasteiger partial charge on any atom is 0.405 e. The lowest BCUT2D eigenvalue weighted by atomic mass is 10.1. The molecule has 6 N–H and O–H groups in total. The zero-order valence-corrected chi connectivity index (χ0v) is 21.5. The number of allylic oxidation sites excluding steroid dienone is 2. The van der Waals surface area contributed by atoms with Crippen molar-refractivity contribution >= 4 is 36.1 Å². The van der Waals surface area contributed by atoms with E-state index < -0.39 is 24.8 Å². The summed E-state index contributed by atoms with van der Waals surface area (Å²) >= 11 is 0. The molecule has 11 nitrogen and oxygen atoms in total. The topological polar surface area (TPSA) is 176 Å². The first kappa shape index (κ1) is 29.6. The first-order valence-electron chi connectivity index (χ1n) is 12.2. The number of nitrogens with one attached hydrogen (secondary N) is 4. The number of rotatable bonds is 9. The number of aliphatic imine (C=N–C) groups is 1. The fourth-order valence-electron chi connectivity index (χ4n) is 3.83. The number of alkyl halides is 3. The smallest absolute Gasteiger partial charge is 0.404 e. The van der Waals surface area contributed by atoms with Gasteiger partial charge in [0.05, 0.1) is 23.9 Å². The number of benzene rings is 1. The maximum atomic E-state index is 12.6. The van der Waals surface area contributed by atoms with Crippen LogP contribution in [0.3, 0.4) is 0 Å². The third-order valence-corrected chi connectivity index (χ3v) is 5.91. The molecular formula is C26H28F3N9O2. The Morgan fingerprint density at radius 3 is 2.83 bits per heavy atom. The molecule has 2 atom stereocenters. The Hall–Kier alpha value is -4.93. The van der Waals surface area contributed by atoms with E-state index in [1.807, 2.05) is 0 Å². The first-order chi connectivity index (χ1) is 19.0. The molecule has 1 aliphatic heterocycles. The number of hydrogen-bond donors (Lipinski definition) is 5. The summed E-state index contributed by atoms with van der Waals surface area (Å²) in [4.78, 5) is 37.6. The van der Waals surface area contributed by atoms with E-state index in [1.165, 1.54) is 24.7 Å². The number of halogens is 3. The summed E-state index contributed by atoms with van der Waals surface area (Å²) < 4.78 is 36.9. The Kier molecular flexibility index (Phi) is 9.80. The Labute approximate surface area is 228 Å². The van der Waals surface area contributed by atoms with Gasteiger partial charge in [-0.05, 0) is 31.6 Å². The first-order valence-corrected chi connectivity index (χ1v) is 12.2. The van der Waals surface area contributed by atoms with Crippen molar-refractivity contribution in [3.05, 3.63) is 53.6 Å². The van der Waals surface area contributed by atoms with Gasteiger partial charge in [-0.2, -0.15) is 18.4 Å². The van der Waals surface area contributed by atoms with Crippen molar-refractivity contribution in [3.63, 3.8) is 0 Å². The van der Waals surface area contributed by atoms with Gasteiger partial charge in [-0.1, -0.05) is 12.1 Å². The normalized spacial score (nSPS) is 17.0. The van der Waals surface area contributed by atoms with E-state index in [9.17, 15) is 22.8 Å². The molecule has 2 heterocycles. The molecule has 0 aliphatic carbocycles. The number of hydrogen-bond acceptors (Lipinski definition) is 7. The number of urea groups is 1. The lowest BCUT2D eigenvalue weighted by Crippen LogP contribution is -2.36. The maximum absolute atomic E-state index is 12.6. The summed E-state index contributed by atoms with van der Waals surface area (Å²) in [6.45, 7) is 1.07. The van der Waals surface area contributed by atoms with E-state index in [2.05, 4.69) is 26.3 Å². The number of amides is 3. The molecule has 0 radical (unpaired) electrons. The molecule has 2 unspecified atom stereocenters. The van der Waals surface area contributed by atoms with Gasteiger partial charge < -0.3 is 31.7 Å². The quantitative estimate of drug-likeness (QED) is 0.235. The molecule has 210 valence electrons. The average molecular weight is 556 g/mol. The van der Waals surface area contributed by atoms with Crippen LogP contribution in [0.2, 0.25) is 0 Å². The molecule has 3 amide bonds. The Morgan fingerprint density at radius 2 is 2.17 bits per heavy atom. The number of nitrogens with two attached hydrogens (primary N) is 1. The minimum Gasteiger partial charge on any atom is -0.404 e. The summed E-state index contributed by atoms with van der Waals surface area (Å²) in [6, 6.07) is 6.88. The van der Waals surface area contributed by atoms with Crippen molar-refractivity contribution in [3.8, 4) is 17.3 Å². The highest BCUT2D eigenvalue weighted by atomic mass is 19.4. The number of anilines is 1. The third-order valence-electron chi connectivity index (χ3n) is 5.91. The summed E-state index contributed by atoms with van der Waals surface area (Å²) in [6.07, 6.45) is 2.89. The molecular weight excluding hydrogens is 527 g/mol. The zero-order chi connectivity index (χ0) is 29.3. The van der Waals surface area contributed by atoms with Gasteiger partial charge in [0, 0.05) is 54.1 Å². The average Bonchev–Trinajstić information content (AvgIpc) is 3.61. The van der Waals surface area contributed by atoms with Crippen LogP contribution in [0.1, 0.15) is 19.2 Å². The van der Waals surface area contributed by atoms with E-state index in [1.54, 1.807) is 41.4 Å². The number of likely N-dealkylation sites (tertiary alicyclic amines) is 1. The molecule has 40 heavy (non-hydrogen) atoms. The van der Waals surface area contributed by atoms with Crippen LogP contribution in [-0.4, -0.2) is 71.1 Å². The standard InChI is InChI=1S/C26H28F3N9O2/c1-16(24(39)38-6-5-17(9-30)14-38)33-12-20(11-32)19(10-31)8-23-34-13-22(37-23)18-3-2-4-21(7-18)36-25(40)35-15-26(27,28)29/h2-4,7-8,10-13,16-17,31H,5-6,14-15,32H2,1H3,(H,34,37)(H2,35,36,40)/b19-8+,20-11?,31-10?,33-12?. The second-order valence-corrected chi connectivity index (χ2v) is 8.90. The van der Waals surface area contributed by atoms with Crippen LogP contribution in [-0.2, 0) is 4.79 Å². The molecule has 0 saturated carbocycles. The van der Waals surface area contributed by atoms with E-state index in [-0.39, 0.29) is 17.5 Å². The van der Waals surface area contributed by atoms with Gasteiger partial charge in [0.15, 0.2) is 0 Å². The lowest BCUT2D eigenvalue weighted by Gasteiger charge is -2.18. The number of imidazole rings is 1. The van der Waals surface area contributed by atoms with Gasteiger partial charge in [-0.3, -0.25) is 9.79 Å². The molecule has 1 aromatic heterocycles. The van der Waals surface area contributed by atoms with Crippen LogP contribution in [0.4, 0.5) is 23.7 Å². The van der Waals surface area contributed by atoms with Crippen molar-refractivity contribution in [2.75, 3.05) is 25.0 Å². The zero-order valence-electron chi connectivity index (χ0n) is 21.5. The minimum atomic E-state index is -4.52. The second-order valence-electron chi connectivity index (χ2n) is 8.90. The van der Waals surface area contributed by atoms with Crippen molar-refractivity contribution in [1.82, 2.24) is 20.2 Å². The van der Waals surface area contributed by atoms with Gasteiger partial charge in [0.25, 0.3) is 0 Å². The van der Waals surface area contributed by atoms with Crippen LogP contribution in [0.5, 0.6) is 0 Å².